The molecule has 1 saturated carbocycles. The molecular weight excluding hydrogens is 346 g/mol. The zero-order valence-electron chi connectivity index (χ0n) is 14.8. The molecule has 9 nitrogen and oxygen atoms in total. The monoisotopic (exact) mass is 367 g/mol. The molecule has 140 valence electrons. The lowest BCUT2D eigenvalue weighted by molar-refractivity contribution is 0.0925. The molecule has 4 N–H and O–H groups in total. The molecule has 0 radical (unpaired) electrons. The van der Waals surface area contributed by atoms with Crippen LogP contribution in [-0.4, -0.2) is 38.3 Å². The highest BCUT2D eigenvalue weighted by Crippen LogP contribution is 2.18. The number of hydrogen-bond donors (Lipinski definition) is 3. The van der Waals surface area contributed by atoms with Crippen LogP contribution in [0.2, 0.25) is 0 Å². The average Bonchev–Trinajstić information content (AvgIpc) is 3.18. The van der Waals surface area contributed by atoms with Crippen LogP contribution in [0.25, 0.3) is 11.0 Å². The molecule has 1 aliphatic carbocycles. The summed E-state index contributed by atoms with van der Waals surface area (Å²) in [5.41, 5.74) is 8.67. The predicted octanol–water partition coefficient (Wildman–Crippen LogP) is 1.62. The van der Waals surface area contributed by atoms with E-state index in [-0.39, 0.29) is 18.0 Å². The Hall–Kier alpha value is -3.07. The molecule has 27 heavy (non-hydrogen) atoms. The SMILES string of the molecule is NC1CCC(NC(=O)c2cnc(NCc3cccc4nonc34)nc2)CC1. The number of anilines is 1. The maximum atomic E-state index is 12.3. The molecule has 0 spiro atoms. The molecule has 1 fully saturated rings. The third kappa shape index (κ3) is 4.03. The Morgan fingerprint density at radius 2 is 1.93 bits per heavy atom. The molecule has 1 aliphatic rings. The predicted molar refractivity (Wildman–Crippen MR) is 98.9 cm³/mol. The van der Waals surface area contributed by atoms with Gasteiger partial charge in [0, 0.05) is 36.6 Å². The molecule has 0 unspecified atom stereocenters. The first kappa shape index (κ1) is 17.3. The van der Waals surface area contributed by atoms with E-state index in [1.54, 1.807) is 0 Å². The van der Waals surface area contributed by atoms with Gasteiger partial charge in [0.05, 0.1) is 5.56 Å². The first-order chi connectivity index (χ1) is 13.2. The van der Waals surface area contributed by atoms with Gasteiger partial charge in [-0.25, -0.2) is 14.6 Å². The maximum Gasteiger partial charge on any atom is 0.254 e. The minimum atomic E-state index is -0.152. The first-order valence-electron chi connectivity index (χ1n) is 9.01. The number of nitrogens with zero attached hydrogens (tertiary/aromatic N) is 4. The van der Waals surface area contributed by atoms with Gasteiger partial charge in [0.2, 0.25) is 5.95 Å². The Balaban J connectivity index is 1.34. The van der Waals surface area contributed by atoms with E-state index in [0.29, 0.717) is 29.1 Å². The number of carbonyl (C=O) groups excluding carboxylic acids is 1. The number of aromatic nitrogens is 4. The molecule has 4 rings (SSSR count). The lowest BCUT2D eigenvalue weighted by Crippen LogP contribution is -2.40. The summed E-state index contributed by atoms with van der Waals surface area (Å²) in [5, 5.41) is 13.9. The molecule has 0 atom stereocenters. The van der Waals surface area contributed by atoms with Gasteiger partial charge in [-0.2, -0.15) is 0 Å². The average molecular weight is 367 g/mol. The van der Waals surface area contributed by atoms with Crippen LogP contribution in [0.3, 0.4) is 0 Å². The van der Waals surface area contributed by atoms with E-state index in [9.17, 15) is 4.79 Å². The quantitative estimate of drug-likeness (QED) is 0.620. The summed E-state index contributed by atoms with van der Waals surface area (Å²) in [6.45, 7) is 0.472. The zero-order chi connectivity index (χ0) is 18.6. The summed E-state index contributed by atoms with van der Waals surface area (Å²) < 4.78 is 4.76. The van der Waals surface area contributed by atoms with Gasteiger partial charge in [-0.15, -0.1) is 0 Å². The van der Waals surface area contributed by atoms with Crippen LogP contribution in [0, 0.1) is 0 Å². The Kier molecular flexibility index (Phi) is 4.93. The number of benzene rings is 1. The number of amides is 1. The second kappa shape index (κ2) is 7.67. The van der Waals surface area contributed by atoms with E-state index in [4.69, 9.17) is 10.4 Å². The number of hydrogen-bond acceptors (Lipinski definition) is 8. The minimum absolute atomic E-state index is 0.152. The van der Waals surface area contributed by atoms with Crippen LogP contribution < -0.4 is 16.4 Å². The Labute approximate surface area is 155 Å². The van der Waals surface area contributed by atoms with Crippen molar-refractivity contribution in [3.63, 3.8) is 0 Å². The Morgan fingerprint density at radius 1 is 1.15 bits per heavy atom. The van der Waals surface area contributed by atoms with Gasteiger partial charge in [-0.1, -0.05) is 12.1 Å². The van der Waals surface area contributed by atoms with Crippen LogP contribution >= 0.6 is 0 Å². The second-order valence-corrected chi connectivity index (χ2v) is 6.78. The van der Waals surface area contributed by atoms with Crippen LogP contribution in [0.1, 0.15) is 41.6 Å². The van der Waals surface area contributed by atoms with Crippen LogP contribution in [0.15, 0.2) is 35.2 Å². The number of fused-ring (bicyclic) bond motifs is 1. The highest BCUT2D eigenvalue weighted by Gasteiger charge is 2.20. The highest BCUT2D eigenvalue weighted by molar-refractivity contribution is 5.93. The molecule has 0 aliphatic heterocycles. The van der Waals surface area contributed by atoms with E-state index in [0.717, 1.165) is 31.2 Å². The molecule has 1 aromatic carbocycles. The van der Waals surface area contributed by atoms with Gasteiger partial charge in [-0.3, -0.25) is 4.79 Å². The van der Waals surface area contributed by atoms with E-state index < -0.39 is 0 Å². The summed E-state index contributed by atoms with van der Waals surface area (Å²) in [4.78, 5) is 20.8. The van der Waals surface area contributed by atoms with Gasteiger partial charge in [0.15, 0.2) is 0 Å². The van der Waals surface area contributed by atoms with Crippen LogP contribution in [0.4, 0.5) is 5.95 Å². The maximum absolute atomic E-state index is 12.3. The van der Waals surface area contributed by atoms with Crippen molar-refractivity contribution < 1.29 is 9.42 Å². The lowest BCUT2D eigenvalue weighted by Gasteiger charge is -2.26. The number of nitrogens with one attached hydrogen (secondary N) is 2. The molecule has 2 heterocycles. The van der Waals surface area contributed by atoms with Crippen molar-refractivity contribution in [2.24, 2.45) is 5.73 Å². The molecular formula is C18H21N7O2. The Bertz CT molecular complexity index is 917. The molecule has 9 heteroatoms. The van der Waals surface area contributed by atoms with Crippen molar-refractivity contribution in [3.05, 3.63) is 41.7 Å². The summed E-state index contributed by atoms with van der Waals surface area (Å²) in [7, 11) is 0. The van der Waals surface area contributed by atoms with Gasteiger partial charge in [-0.05, 0) is 42.1 Å². The summed E-state index contributed by atoms with van der Waals surface area (Å²) in [6, 6.07) is 6.07. The van der Waals surface area contributed by atoms with Crippen molar-refractivity contribution in [1.29, 1.82) is 0 Å². The van der Waals surface area contributed by atoms with Gasteiger partial charge < -0.3 is 16.4 Å². The summed E-state index contributed by atoms with van der Waals surface area (Å²) >= 11 is 0. The van der Waals surface area contributed by atoms with Crippen molar-refractivity contribution in [1.82, 2.24) is 25.6 Å². The minimum Gasteiger partial charge on any atom is -0.350 e. The van der Waals surface area contributed by atoms with E-state index in [1.807, 2.05) is 18.2 Å². The lowest BCUT2D eigenvalue weighted by atomic mass is 9.92. The van der Waals surface area contributed by atoms with Gasteiger partial charge in [0.25, 0.3) is 5.91 Å². The van der Waals surface area contributed by atoms with E-state index in [1.165, 1.54) is 12.4 Å². The molecule has 1 amide bonds. The fourth-order valence-electron chi connectivity index (χ4n) is 3.25. The second-order valence-electron chi connectivity index (χ2n) is 6.78. The third-order valence-electron chi connectivity index (χ3n) is 4.83. The van der Waals surface area contributed by atoms with Crippen molar-refractivity contribution in [3.8, 4) is 0 Å². The van der Waals surface area contributed by atoms with E-state index in [2.05, 4.69) is 30.9 Å². The standard InChI is InChI=1S/C18H21N7O2/c19-13-4-6-14(7-5-13)23-17(26)12-9-21-18(22-10-12)20-8-11-2-1-3-15-16(11)25-27-24-15/h1-3,9-10,13-14H,4-8,19H2,(H,23,26)(H,20,21,22). The summed E-state index contributed by atoms with van der Waals surface area (Å²) in [5.74, 6) is 0.282. The van der Waals surface area contributed by atoms with Crippen LogP contribution in [-0.2, 0) is 6.54 Å². The third-order valence-corrected chi connectivity index (χ3v) is 4.83. The smallest absolute Gasteiger partial charge is 0.254 e. The number of nitrogens with two attached hydrogens (primary N) is 1. The molecule has 2 aromatic heterocycles. The molecule has 0 saturated heterocycles. The summed E-state index contributed by atoms with van der Waals surface area (Å²) in [6.07, 6.45) is 6.76. The number of carbonyl (C=O) groups is 1. The van der Waals surface area contributed by atoms with E-state index >= 15 is 0 Å². The number of rotatable bonds is 5. The molecule has 0 bridgehead atoms. The zero-order valence-corrected chi connectivity index (χ0v) is 14.8. The highest BCUT2D eigenvalue weighted by atomic mass is 16.6. The Morgan fingerprint density at radius 3 is 2.70 bits per heavy atom. The fourth-order valence-corrected chi connectivity index (χ4v) is 3.25. The largest absolute Gasteiger partial charge is 0.350 e. The van der Waals surface area contributed by atoms with Gasteiger partial charge in [0.1, 0.15) is 11.0 Å². The topological polar surface area (TPSA) is 132 Å². The van der Waals surface area contributed by atoms with Crippen LogP contribution in [0.5, 0.6) is 0 Å². The first-order valence-corrected chi connectivity index (χ1v) is 9.01. The van der Waals surface area contributed by atoms with Crippen molar-refractivity contribution in [2.75, 3.05) is 5.32 Å². The van der Waals surface area contributed by atoms with Crippen molar-refractivity contribution in [2.45, 2.75) is 44.3 Å². The fraction of sp³-hybridized carbons (Fsp3) is 0.389. The molecule has 3 aromatic rings. The van der Waals surface area contributed by atoms with Gasteiger partial charge >= 0.3 is 0 Å². The van der Waals surface area contributed by atoms with Crippen molar-refractivity contribution >= 4 is 22.9 Å². The normalized spacial score (nSPS) is 19.7.